The number of benzene rings is 4. The number of hydrogen-bond acceptors (Lipinski definition) is 4. The summed E-state index contributed by atoms with van der Waals surface area (Å²) in [5, 5.41) is 5.16. The van der Waals surface area contributed by atoms with E-state index in [4.69, 9.17) is 25.8 Å². The smallest absolute Gasteiger partial charge is 0.255 e. The molecule has 0 fully saturated rings. The maximum absolute atomic E-state index is 13.2. The largest absolute Gasteiger partial charge is 0.495 e. The zero-order valence-electron chi connectivity index (χ0n) is 18.9. The molecule has 0 aromatic heterocycles. The third kappa shape index (κ3) is 4.59. The number of carbonyl (C=O) groups excluding carboxylic acids is 1. The Balaban J connectivity index is 1.83. The number of anilines is 1. The monoisotopic (exact) mass is 461 g/mol. The first-order chi connectivity index (χ1) is 15.9. The molecule has 0 aliphatic heterocycles. The standard InChI is InChI=1S/C27H24ClNO4/c1-16-5-7-17(8-6-16)21-12-19(11-18-13-25(32-3)26(33-4)15-22(18)21)27(30)29-20-9-10-24(31-2)23(28)14-20/h5-15H,1-4H3,(H,29,30). The highest BCUT2D eigenvalue weighted by Crippen LogP contribution is 2.38. The molecule has 0 radical (unpaired) electrons. The van der Waals surface area contributed by atoms with Crippen LogP contribution in [0.25, 0.3) is 21.9 Å². The molecule has 0 aliphatic carbocycles. The van der Waals surface area contributed by atoms with E-state index in [1.807, 2.05) is 55.5 Å². The fraction of sp³-hybridized carbons (Fsp3) is 0.148. The van der Waals surface area contributed by atoms with E-state index in [1.54, 1.807) is 39.5 Å². The number of fused-ring (bicyclic) bond motifs is 1. The van der Waals surface area contributed by atoms with E-state index in [0.717, 1.165) is 27.5 Å². The average molecular weight is 462 g/mol. The summed E-state index contributed by atoms with van der Waals surface area (Å²) in [6, 6.07) is 20.9. The molecule has 0 heterocycles. The van der Waals surface area contributed by atoms with Gasteiger partial charge >= 0.3 is 0 Å². The lowest BCUT2D eigenvalue weighted by Crippen LogP contribution is -2.12. The summed E-state index contributed by atoms with van der Waals surface area (Å²) in [6.45, 7) is 2.04. The average Bonchev–Trinajstić information content (AvgIpc) is 2.83. The summed E-state index contributed by atoms with van der Waals surface area (Å²) in [6.07, 6.45) is 0. The first-order valence-corrected chi connectivity index (χ1v) is 10.7. The minimum absolute atomic E-state index is 0.249. The van der Waals surface area contributed by atoms with E-state index in [1.165, 1.54) is 0 Å². The summed E-state index contributed by atoms with van der Waals surface area (Å²) in [5.74, 6) is 1.52. The predicted octanol–water partition coefficient (Wildman–Crippen LogP) is 6.75. The minimum Gasteiger partial charge on any atom is -0.495 e. The molecule has 1 amide bonds. The van der Waals surface area contributed by atoms with Gasteiger partial charge in [0.15, 0.2) is 11.5 Å². The van der Waals surface area contributed by atoms with Crippen LogP contribution in [0.1, 0.15) is 15.9 Å². The van der Waals surface area contributed by atoms with E-state index in [0.29, 0.717) is 33.5 Å². The van der Waals surface area contributed by atoms with Crippen LogP contribution in [0.2, 0.25) is 5.02 Å². The van der Waals surface area contributed by atoms with Crippen molar-refractivity contribution >= 4 is 34.0 Å². The highest BCUT2D eigenvalue weighted by atomic mass is 35.5. The molecule has 5 nitrogen and oxygen atoms in total. The third-order valence-corrected chi connectivity index (χ3v) is 5.79. The van der Waals surface area contributed by atoms with Crippen molar-refractivity contribution in [2.45, 2.75) is 6.92 Å². The highest BCUT2D eigenvalue weighted by molar-refractivity contribution is 6.32. The van der Waals surface area contributed by atoms with E-state index < -0.39 is 0 Å². The van der Waals surface area contributed by atoms with Gasteiger partial charge in [0.25, 0.3) is 5.91 Å². The molecule has 4 aromatic rings. The Morgan fingerprint density at radius 3 is 2.09 bits per heavy atom. The van der Waals surface area contributed by atoms with Gasteiger partial charge in [0.2, 0.25) is 0 Å². The van der Waals surface area contributed by atoms with Crippen LogP contribution in [0, 0.1) is 6.92 Å². The number of hydrogen-bond donors (Lipinski definition) is 1. The number of ether oxygens (including phenoxy) is 3. The fourth-order valence-electron chi connectivity index (χ4n) is 3.74. The SMILES string of the molecule is COc1ccc(NC(=O)c2cc(-c3ccc(C)cc3)c3cc(OC)c(OC)cc3c2)cc1Cl. The van der Waals surface area contributed by atoms with Crippen molar-refractivity contribution in [3.8, 4) is 28.4 Å². The first-order valence-electron chi connectivity index (χ1n) is 10.3. The molecule has 4 aromatic carbocycles. The maximum atomic E-state index is 13.2. The maximum Gasteiger partial charge on any atom is 0.255 e. The van der Waals surface area contributed by atoms with Crippen LogP contribution in [-0.2, 0) is 0 Å². The molecule has 0 spiro atoms. The van der Waals surface area contributed by atoms with Crippen molar-refractivity contribution in [2.75, 3.05) is 26.6 Å². The zero-order chi connectivity index (χ0) is 23.5. The van der Waals surface area contributed by atoms with Gasteiger partial charge in [-0.15, -0.1) is 0 Å². The second-order valence-electron chi connectivity index (χ2n) is 7.62. The Morgan fingerprint density at radius 1 is 0.788 bits per heavy atom. The normalized spacial score (nSPS) is 10.7. The Morgan fingerprint density at radius 2 is 1.45 bits per heavy atom. The van der Waals surface area contributed by atoms with Gasteiger partial charge in [-0.1, -0.05) is 41.4 Å². The van der Waals surface area contributed by atoms with Crippen molar-refractivity contribution < 1.29 is 19.0 Å². The van der Waals surface area contributed by atoms with Gasteiger partial charge in [0.05, 0.1) is 26.4 Å². The van der Waals surface area contributed by atoms with Crippen LogP contribution in [0.4, 0.5) is 5.69 Å². The summed E-state index contributed by atoms with van der Waals surface area (Å²) < 4.78 is 16.2. The molecule has 33 heavy (non-hydrogen) atoms. The number of halogens is 1. The Kier molecular flexibility index (Phi) is 6.43. The summed E-state index contributed by atoms with van der Waals surface area (Å²) >= 11 is 6.22. The van der Waals surface area contributed by atoms with Crippen molar-refractivity contribution in [2.24, 2.45) is 0 Å². The van der Waals surface area contributed by atoms with Gasteiger partial charge in [-0.25, -0.2) is 0 Å². The Labute approximate surface area is 197 Å². The van der Waals surface area contributed by atoms with Gasteiger partial charge in [0.1, 0.15) is 5.75 Å². The number of amides is 1. The minimum atomic E-state index is -0.249. The van der Waals surface area contributed by atoms with Gasteiger partial charge in [-0.05, 0) is 71.3 Å². The number of aryl methyl sites for hydroxylation is 1. The Hall–Kier alpha value is -3.70. The molecule has 0 atom stereocenters. The van der Waals surface area contributed by atoms with Crippen LogP contribution < -0.4 is 19.5 Å². The number of carbonyl (C=O) groups is 1. The van der Waals surface area contributed by atoms with Crippen molar-refractivity contribution in [1.29, 1.82) is 0 Å². The van der Waals surface area contributed by atoms with Gasteiger partial charge in [-0.3, -0.25) is 4.79 Å². The molecular weight excluding hydrogens is 438 g/mol. The molecule has 4 rings (SSSR count). The summed E-state index contributed by atoms with van der Waals surface area (Å²) in [4.78, 5) is 13.2. The number of nitrogens with one attached hydrogen (secondary N) is 1. The van der Waals surface area contributed by atoms with Crippen LogP contribution >= 0.6 is 11.6 Å². The molecule has 168 valence electrons. The third-order valence-electron chi connectivity index (χ3n) is 5.49. The van der Waals surface area contributed by atoms with Crippen LogP contribution in [0.5, 0.6) is 17.2 Å². The molecule has 0 aliphatic rings. The lowest BCUT2D eigenvalue weighted by molar-refractivity contribution is 0.102. The molecular formula is C27H24ClNO4. The quantitative estimate of drug-likeness (QED) is 0.345. The van der Waals surface area contributed by atoms with E-state index >= 15 is 0 Å². The van der Waals surface area contributed by atoms with Crippen LogP contribution in [0.15, 0.2) is 66.7 Å². The first kappa shape index (κ1) is 22.5. The molecule has 0 saturated carbocycles. The fourth-order valence-corrected chi connectivity index (χ4v) is 4.00. The lowest BCUT2D eigenvalue weighted by Gasteiger charge is -2.15. The molecule has 0 saturated heterocycles. The zero-order valence-corrected chi connectivity index (χ0v) is 19.6. The predicted molar refractivity (Wildman–Crippen MR) is 133 cm³/mol. The van der Waals surface area contributed by atoms with Crippen LogP contribution in [-0.4, -0.2) is 27.2 Å². The van der Waals surface area contributed by atoms with Gasteiger partial charge in [0, 0.05) is 11.3 Å². The molecule has 0 bridgehead atoms. The lowest BCUT2D eigenvalue weighted by atomic mass is 9.94. The van der Waals surface area contributed by atoms with Crippen molar-refractivity contribution in [3.63, 3.8) is 0 Å². The van der Waals surface area contributed by atoms with Crippen molar-refractivity contribution in [1.82, 2.24) is 0 Å². The Bertz CT molecular complexity index is 1330. The van der Waals surface area contributed by atoms with E-state index in [-0.39, 0.29) is 5.91 Å². The molecule has 0 unspecified atom stereocenters. The second kappa shape index (κ2) is 9.43. The number of methoxy groups -OCH3 is 3. The highest BCUT2D eigenvalue weighted by Gasteiger charge is 2.16. The second-order valence-corrected chi connectivity index (χ2v) is 8.03. The summed E-state index contributed by atoms with van der Waals surface area (Å²) in [5.41, 5.74) is 4.17. The number of rotatable bonds is 6. The van der Waals surface area contributed by atoms with Crippen LogP contribution in [0.3, 0.4) is 0 Å². The van der Waals surface area contributed by atoms with E-state index in [9.17, 15) is 4.79 Å². The van der Waals surface area contributed by atoms with E-state index in [2.05, 4.69) is 5.32 Å². The molecule has 6 heteroatoms. The topological polar surface area (TPSA) is 56.8 Å². The van der Waals surface area contributed by atoms with Gasteiger partial charge in [-0.2, -0.15) is 0 Å². The van der Waals surface area contributed by atoms with Gasteiger partial charge < -0.3 is 19.5 Å². The molecule has 1 N–H and O–H groups in total. The summed E-state index contributed by atoms with van der Waals surface area (Å²) in [7, 11) is 4.75. The van der Waals surface area contributed by atoms with Crippen molar-refractivity contribution in [3.05, 3.63) is 82.9 Å².